The molecule has 0 radical (unpaired) electrons. The van der Waals surface area contributed by atoms with Crippen molar-refractivity contribution in [3.63, 3.8) is 0 Å². The van der Waals surface area contributed by atoms with Gasteiger partial charge in [0.05, 0.1) is 0 Å². The second kappa shape index (κ2) is 4.81. The van der Waals surface area contributed by atoms with Gasteiger partial charge in [-0.3, -0.25) is 0 Å². The lowest BCUT2D eigenvalue weighted by Crippen LogP contribution is -2.46. The second-order valence-corrected chi connectivity index (χ2v) is 4.90. The van der Waals surface area contributed by atoms with E-state index in [0.717, 1.165) is 13.0 Å². The molecule has 1 fully saturated rings. The van der Waals surface area contributed by atoms with Crippen molar-refractivity contribution >= 4 is 6.09 Å². The minimum atomic E-state index is -0.449. The molecule has 0 aliphatic carbocycles. The van der Waals surface area contributed by atoms with E-state index in [9.17, 15) is 4.79 Å². The van der Waals surface area contributed by atoms with Crippen LogP contribution >= 0.6 is 0 Å². The van der Waals surface area contributed by atoms with Crippen LogP contribution < -0.4 is 16.4 Å². The number of hydrogen-bond acceptors (Lipinski definition) is 4. The molecule has 0 unspecified atom stereocenters. The standard InChI is InChI=1S/C10H21N3O2/c1-10(2,3)15-9(14)13-6-8-7(11)4-5-12-8/h7-8,12H,4-6,11H2,1-3H3,(H,13,14)/t7-,8-/m1/s1. The first kappa shape index (κ1) is 12.3. The fourth-order valence-corrected chi connectivity index (χ4v) is 1.52. The van der Waals surface area contributed by atoms with Crippen LogP contribution in [0.2, 0.25) is 0 Å². The minimum absolute atomic E-state index is 0.125. The second-order valence-electron chi connectivity index (χ2n) is 4.90. The first-order valence-corrected chi connectivity index (χ1v) is 5.34. The summed E-state index contributed by atoms with van der Waals surface area (Å²) in [5.74, 6) is 0. The molecule has 1 amide bonds. The van der Waals surface area contributed by atoms with Gasteiger partial charge in [0.15, 0.2) is 0 Å². The molecule has 1 aliphatic heterocycles. The average molecular weight is 215 g/mol. The maximum atomic E-state index is 11.3. The number of alkyl carbamates (subject to hydrolysis) is 1. The summed E-state index contributed by atoms with van der Waals surface area (Å²) in [6.07, 6.45) is 0.573. The highest BCUT2D eigenvalue weighted by Gasteiger charge is 2.24. The average Bonchev–Trinajstić information content (AvgIpc) is 2.44. The first-order chi connectivity index (χ1) is 6.88. The predicted octanol–water partition coefficient (Wildman–Crippen LogP) is 0.200. The highest BCUT2D eigenvalue weighted by Crippen LogP contribution is 2.07. The third kappa shape index (κ3) is 4.48. The number of ether oxygens (including phenoxy) is 1. The predicted molar refractivity (Wildman–Crippen MR) is 58.6 cm³/mol. The molecular formula is C10H21N3O2. The van der Waals surface area contributed by atoms with E-state index < -0.39 is 5.60 Å². The van der Waals surface area contributed by atoms with Gasteiger partial charge >= 0.3 is 6.09 Å². The zero-order valence-corrected chi connectivity index (χ0v) is 9.67. The maximum absolute atomic E-state index is 11.3. The van der Waals surface area contributed by atoms with E-state index in [2.05, 4.69) is 10.6 Å². The van der Waals surface area contributed by atoms with Crippen molar-refractivity contribution in [2.45, 2.75) is 44.9 Å². The highest BCUT2D eigenvalue weighted by atomic mass is 16.6. The molecule has 1 heterocycles. The van der Waals surface area contributed by atoms with E-state index in [4.69, 9.17) is 10.5 Å². The van der Waals surface area contributed by atoms with Crippen LogP contribution in [0, 0.1) is 0 Å². The molecule has 0 aromatic carbocycles. The van der Waals surface area contributed by atoms with Gasteiger partial charge in [0.25, 0.3) is 0 Å². The van der Waals surface area contributed by atoms with Gasteiger partial charge in [0.1, 0.15) is 5.60 Å². The molecule has 0 spiro atoms. The van der Waals surface area contributed by atoms with Crippen LogP contribution in [-0.2, 0) is 4.74 Å². The number of nitrogens with two attached hydrogens (primary N) is 1. The quantitative estimate of drug-likeness (QED) is 0.615. The Bertz CT molecular complexity index is 225. The Morgan fingerprint density at radius 3 is 2.73 bits per heavy atom. The van der Waals surface area contributed by atoms with Crippen LogP contribution in [0.15, 0.2) is 0 Å². The van der Waals surface area contributed by atoms with Gasteiger partial charge < -0.3 is 21.1 Å². The van der Waals surface area contributed by atoms with Crippen molar-refractivity contribution < 1.29 is 9.53 Å². The molecule has 2 atom stereocenters. The summed E-state index contributed by atoms with van der Waals surface area (Å²) in [5.41, 5.74) is 5.39. The summed E-state index contributed by atoms with van der Waals surface area (Å²) in [4.78, 5) is 11.3. The molecule has 0 aromatic rings. The number of nitrogens with one attached hydrogen (secondary N) is 2. The van der Waals surface area contributed by atoms with Gasteiger partial charge in [-0.1, -0.05) is 0 Å². The molecule has 1 aliphatic rings. The molecule has 0 aromatic heterocycles. The summed E-state index contributed by atoms with van der Waals surface area (Å²) in [6, 6.07) is 0.289. The van der Waals surface area contributed by atoms with E-state index in [1.54, 1.807) is 0 Å². The van der Waals surface area contributed by atoms with Crippen molar-refractivity contribution in [2.75, 3.05) is 13.1 Å². The van der Waals surface area contributed by atoms with Gasteiger partial charge in [0, 0.05) is 18.6 Å². The van der Waals surface area contributed by atoms with E-state index in [1.807, 2.05) is 20.8 Å². The van der Waals surface area contributed by atoms with Crippen molar-refractivity contribution in [1.82, 2.24) is 10.6 Å². The number of rotatable bonds is 2. The first-order valence-electron chi connectivity index (χ1n) is 5.34. The fraction of sp³-hybridized carbons (Fsp3) is 0.900. The monoisotopic (exact) mass is 215 g/mol. The van der Waals surface area contributed by atoms with Crippen LogP contribution in [0.3, 0.4) is 0 Å². The van der Waals surface area contributed by atoms with Crippen molar-refractivity contribution in [2.24, 2.45) is 5.73 Å². The lowest BCUT2D eigenvalue weighted by atomic mass is 10.1. The van der Waals surface area contributed by atoms with E-state index in [0.29, 0.717) is 6.54 Å². The molecule has 5 heteroatoms. The Morgan fingerprint density at radius 2 is 2.27 bits per heavy atom. The molecule has 5 nitrogen and oxygen atoms in total. The van der Waals surface area contributed by atoms with Crippen LogP contribution in [0.5, 0.6) is 0 Å². The Morgan fingerprint density at radius 1 is 1.60 bits per heavy atom. The summed E-state index contributed by atoms with van der Waals surface area (Å²) < 4.78 is 5.11. The topological polar surface area (TPSA) is 76.4 Å². The van der Waals surface area contributed by atoms with Crippen LogP contribution in [0.1, 0.15) is 27.2 Å². The summed E-state index contributed by atoms with van der Waals surface area (Å²) in [6.45, 7) is 6.96. The Labute approximate surface area is 90.7 Å². The lowest BCUT2D eigenvalue weighted by Gasteiger charge is -2.21. The molecule has 1 saturated heterocycles. The number of carbonyl (C=O) groups excluding carboxylic acids is 1. The molecule has 0 bridgehead atoms. The smallest absolute Gasteiger partial charge is 0.407 e. The van der Waals surface area contributed by atoms with Gasteiger partial charge in [-0.15, -0.1) is 0 Å². The number of hydrogen-bond donors (Lipinski definition) is 3. The normalized spacial score (nSPS) is 26.4. The SMILES string of the molecule is CC(C)(C)OC(=O)NC[C@H]1NCC[C@H]1N. The van der Waals surface area contributed by atoms with Gasteiger partial charge in [0.2, 0.25) is 0 Å². The van der Waals surface area contributed by atoms with E-state index in [-0.39, 0.29) is 18.2 Å². The summed E-state index contributed by atoms with van der Waals surface area (Å²) >= 11 is 0. The number of amides is 1. The third-order valence-corrected chi connectivity index (χ3v) is 2.27. The molecule has 15 heavy (non-hydrogen) atoms. The van der Waals surface area contributed by atoms with Crippen molar-refractivity contribution in [3.05, 3.63) is 0 Å². The molecular weight excluding hydrogens is 194 g/mol. The van der Waals surface area contributed by atoms with Crippen LogP contribution in [0.25, 0.3) is 0 Å². The van der Waals surface area contributed by atoms with Gasteiger partial charge in [-0.2, -0.15) is 0 Å². The van der Waals surface area contributed by atoms with Crippen molar-refractivity contribution in [3.8, 4) is 0 Å². The van der Waals surface area contributed by atoms with Crippen molar-refractivity contribution in [1.29, 1.82) is 0 Å². The number of carbonyl (C=O) groups is 1. The third-order valence-electron chi connectivity index (χ3n) is 2.27. The van der Waals surface area contributed by atoms with E-state index >= 15 is 0 Å². The van der Waals surface area contributed by atoms with E-state index in [1.165, 1.54) is 0 Å². The van der Waals surface area contributed by atoms with Gasteiger partial charge in [-0.05, 0) is 33.7 Å². The Hall–Kier alpha value is -0.810. The molecule has 0 saturated carbocycles. The molecule has 88 valence electrons. The Kier molecular flexibility index (Phi) is 3.93. The maximum Gasteiger partial charge on any atom is 0.407 e. The summed E-state index contributed by atoms with van der Waals surface area (Å²) in [7, 11) is 0. The summed E-state index contributed by atoms with van der Waals surface area (Å²) in [5, 5.41) is 5.94. The fourth-order valence-electron chi connectivity index (χ4n) is 1.52. The zero-order chi connectivity index (χ0) is 11.5. The van der Waals surface area contributed by atoms with Crippen LogP contribution in [-0.4, -0.2) is 36.9 Å². The molecule has 1 rings (SSSR count). The van der Waals surface area contributed by atoms with Crippen LogP contribution in [0.4, 0.5) is 4.79 Å². The minimum Gasteiger partial charge on any atom is -0.444 e. The molecule has 4 N–H and O–H groups in total. The highest BCUT2D eigenvalue weighted by molar-refractivity contribution is 5.67. The Balaban J connectivity index is 2.22. The van der Waals surface area contributed by atoms with Gasteiger partial charge in [-0.25, -0.2) is 4.79 Å². The largest absolute Gasteiger partial charge is 0.444 e. The lowest BCUT2D eigenvalue weighted by molar-refractivity contribution is 0.0523. The zero-order valence-electron chi connectivity index (χ0n) is 9.67.